The van der Waals surface area contributed by atoms with Gasteiger partial charge < -0.3 is 14.8 Å². The van der Waals surface area contributed by atoms with Gasteiger partial charge in [0.2, 0.25) is 6.79 Å². The van der Waals surface area contributed by atoms with Crippen molar-refractivity contribution in [3.05, 3.63) is 23.3 Å². The molecule has 0 saturated heterocycles. The Labute approximate surface area is 125 Å². The number of ether oxygens (including phenoxy) is 2. The molecule has 0 bridgehead atoms. The number of rotatable bonds is 5. The van der Waals surface area contributed by atoms with Gasteiger partial charge in [-0.15, -0.1) is 0 Å². The third-order valence-electron chi connectivity index (χ3n) is 4.18. The van der Waals surface area contributed by atoms with E-state index in [1.54, 1.807) is 6.92 Å². The number of nitrogens with one attached hydrogen (secondary N) is 1. The summed E-state index contributed by atoms with van der Waals surface area (Å²) in [5.74, 6) is 2.11. The first-order chi connectivity index (χ1) is 10.1. The van der Waals surface area contributed by atoms with E-state index in [1.165, 1.54) is 11.1 Å². The van der Waals surface area contributed by atoms with Gasteiger partial charge in [-0.3, -0.25) is 0 Å². The van der Waals surface area contributed by atoms with Crippen LogP contribution in [-0.2, 0) is 16.3 Å². The Balaban J connectivity index is 1.72. The third-order valence-corrected chi connectivity index (χ3v) is 5.97. The molecule has 2 aliphatic rings. The maximum Gasteiger partial charge on any atom is 0.231 e. The summed E-state index contributed by atoms with van der Waals surface area (Å²) in [7, 11) is -2.88. The number of benzene rings is 1. The van der Waals surface area contributed by atoms with Crippen molar-refractivity contribution in [2.75, 3.05) is 24.8 Å². The van der Waals surface area contributed by atoms with Crippen LogP contribution in [0.25, 0.3) is 0 Å². The lowest BCUT2D eigenvalue weighted by molar-refractivity contribution is 0.174. The zero-order chi connectivity index (χ0) is 14.9. The highest BCUT2D eigenvalue weighted by atomic mass is 32.2. The summed E-state index contributed by atoms with van der Waals surface area (Å²) in [4.78, 5) is 0. The van der Waals surface area contributed by atoms with Crippen molar-refractivity contribution in [3.8, 4) is 11.5 Å². The van der Waals surface area contributed by atoms with E-state index in [1.807, 2.05) is 6.07 Å². The van der Waals surface area contributed by atoms with E-state index in [-0.39, 0.29) is 24.3 Å². The van der Waals surface area contributed by atoms with Gasteiger partial charge in [-0.2, -0.15) is 0 Å². The molecule has 0 saturated carbocycles. The van der Waals surface area contributed by atoms with E-state index in [0.717, 1.165) is 30.9 Å². The van der Waals surface area contributed by atoms with Gasteiger partial charge in [0.1, 0.15) is 9.84 Å². The topological polar surface area (TPSA) is 64.6 Å². The second-order valence-corrected chi connectivity index (χ2v) is 8.01. The lowest BCUT2D eigenvalue weighted by atomic mass is 9.91. The molecule has 0 aliphatic carbocycles. The van der Waals surface area contributed by atoms with Crippen LogP contribution in [0, 0.1) is 0 Å². The molecule has 0 radical (unpaired) electrons. The SMILES string of the molecule is CCS(=O)(=O)CCCC1NCCc2cc3c(cc21)OCO3. The van der Waals surface area contributed by atoms with Crippen molar-refractivity contribution >= 4 is 9.84 Å². The highest BCUT2D eigenvalue weighted by molar-refractivity contribution is 7.91. The first-order valence-corrected chi connectivity index (χ1v) is 9.27. The molecule has 0 fully saturated rings. The predicted octanol–water partition coefficient (Wildman–Crippen LogP) is 1.82. The predicted molar refractivity (Wildman–Crippen MR) is 80.6 cm³/mol. The summed E-state index contributed by atoms with van der Waals surface area (Å²) >= 11 is 0. The molecule has 2 heterocycles. The summed E-state index contributed by atoms with van der Waals surface area (Å²) in [6, 6.07) is 4.31. The van der Waals surface area contributed by atoms with Crippen LogP contribution >= 0.6 is 0 Å². The fourth-order valence-corrected chi connectivity index (χ4v) is 3.84. The summed E-state index contributed by atoms with van der Waals surface area (Å²) in [5, 5.41) is 3.48. The van der Waals surface area contributed by atoms with E-state index in [2.05, 4.69) is 11.4 Å². The summed E-state index contributed by atoms with van der Waals surface area (Å²) in [6.07, 6.45) is 2.48. The zero-order valence-corrected chi connectivity index (χ0v) is 13.0. The van der Waals surface area contributed by atoms with Gasteiger partial charge in [-0.05, 0) is 49.1 Å². The first-order valence-electron chi connectivity index (χ1n) is 7.45. The van der Waals surface area contributed by atoms with Gasteiger partial charge in [0, 0.05) is 11.8 Å². The van der Waals surface area contributed by atoms with Crippen LogP contribution in [0.2, 0.25) is 0 Å². The largest absolute Gasteiger partial charge is 0.454 e. The Morgan fingerprint density at radius 2 is 2.05 bits per heavy atom. The fourth-order valence-electron chi connectivity index (χ4n) is 2.94. The molecule has 5 nitrogen and oxygen atoms in total. The Morgan fingerprint density at radius 1 is 1.29 bits per heavy atom. The van der Waals surface area contributed by atoms with E-state index in [4.69, 9.17) is 9.47 Å². The van der Waals surface area contributed by atoms with Crippen molar-refractivity contribution < 1.29 is 17.9 Å². The third kappa shape index (κ3) is 3.16. The molecule has 1 atom stereocenters. The highest BCUT2D eigenvalue weighted by Gasteiger charge is 2.24. The number of hydrogen-bond acceptors (Lipinski definition) is 5. The van der Waals surface area contributed by atoms with Crippen LogP contribution in [0.15, 0.2) is 12.1 Å². The molecule has 1 aromatic rings. The smallest absolute Gasteiger partial charge is 0.231 e. The van der Waals surface area contributed by atoms with Gasteiger partial charge in [-0.25, -0.2) is 8.42 Å². The summed E-state index contributed by atoms with van der Waals surface area (Å²) in [6.45, 7) is 2.90. The van der Waals surface area contributed by atoms with Crippen molar-refractivity contribution in [3.63, 3.8) is 0 Å². The average molecular weight is 311 g/mol. The lowest BCUT2D eigenvalue weighted by Crippen LogP contribution is -2.30. The molecule has 6 heteroatoms. The summed E-state index contributed by atoms with van der Waals surface area (Å²) < 4.78 is 34.0. The van der Waals surface area contributed by atoms with E-state index in [0.29, 0.717) is 6.42 Å². The van der Waals surface area contributed by atoms with Gasteiger partial charge in [0.15, 0.2) is 11.5 Å². The van der Waals surface area contributed by atoms with Crippen molar-refractivity contribution in [1.82, 2.24) is 5.32 Å². The molecule has 116 valence electrons. The molecule has 0 amide bonds. The van der Waals surface area contributed by atoms with Crippen molar-refractivity contribution in [2.45, 2.75) is 32.2 Å². The van der Waals surface area contributed by atoms with Crippen molar-refractivity contribution in [2.24, 2.45) is 0 Å². The van der Waals surface area contributed by atoms with E-state index in [9.17, 15) is 8.42 Å². The minimum absolute atomic E-state index is 0.204. The summed E-state index contributed by atoms with van der Waals surface area (Å²) in [5.41, 5.74) is 2.50. The Hall–Kier alpha value is -1.27. The molecule has 3 rings (SSSR count). The van der Waals surface area contributed by atoms with Crippen LogP contribution in [0.4, 0.5) is 0 Å². The standard InChI is InChI=1S/C15H21NO4S/c1-2-21(17,18)7-3-4-13-12-9-15-14(19-10-20-15)8-11(12)5-6-16-13/h8-9,13,16H,2-7,10H2,1H3. The zero-order valence-electron chi connectivity index (χ0n) is 12.2. The first kappa shape index (κ1) is 14.7. The van der Waals surface area contributed by atoms with E-state index >= 15 is 0 Å². The molecular weight excluding hydrogens is 290 g/mol. The van der Waals surface area contributed by atoms with E-state index < -0.39 is 9.84 Å². The second kappa shape index (κ2) is 5.85. The fraction of sp³-hybridized carbons (Fsp3) is 0.600. The van der Waals surface area contributed by atoms with Gasteiger partial charge in [0.25, 0.3) is 0 Å². The van der Waals surface area contributed by atoms with Gasteiger partial charge in [0.05, 0.1) is 5.75 Å². The molecule has 2 aliphatic heterocycles. The Morgan fingerprint density at radius 3 is 2.81 bits per heavy atom. The molecule has 21 heavy (non-hydrogen) atoms. The Kier molecular flexibility index (Phi) is 4.08. The average Bonchev–Trinajstić information content (AvgIpc) is 2.92. The maximum absolute atomic E-state index is 11.6. The van der Waals surface area contributed by atoms with Crippen LogP contribution in [0.3, 0.4) is 0 Å². The molecule has 1 aromatic carbocycles. The van der Waals surface area contributed by atoms with Gasteiger partial charge in [-0.1, -0.05) is 6.92 Å². The molecule has 0 aromatic heterocycles. The minimum atomic E-state index is -2.88. The van der Waals surface area contributed by atoms with Gasteiger partial charge >= 0.3 is 0 Å². The number of hydrogen-bond donors (Lipinski definition) is 1. The second-order valence-electron chi connectivity index (χ2n) is 5.54. The minimum Gasteiger partial charge on any atom is -0.454 e. The quantitative estimate of drug-likeness (QED) is 0.898. The highest BCUT2D eigenvalue weighted by Crippen LogP contribution is 2.39. The van der Waals surface area contributed by atoms with Crippen LogP contribution in [0.1, 0.15) is 36.9 Å². The normalized spacial score (nSPS) is 20.3. The monoisotopic (exact) mass is 311 g/mol. The Bertz CT molecular complexity index is 627. The molecular formula is C15H21NO4S. The van der Waals surface area contributed by atoms with Crippen LogP contribution in [-0.4, -0.2) is 33.3 Å². The molecule has 0 spiro atoms. The molecule has 1 N–H and O–H groups in total. The van der Waals surface area contributed by atoms with Crippen LogP contribution < -0.4 is 14.8 Å². The molecule has 1 unspecified atom stereocenters. The van der Waals surface area contributed by atoms with Crippen molar-refractivity contribution in [1.29, 1.82) is 0 Å². The number of sulfone groups is 1. The van der Waals surface area contributed by atoms with Crippen LogP contribution in [0.5, 0.6) is 11.5 Å². The maximum atomic E-state index is 11.6. The lowest BCUT2D eigenvalue weighted by Gasteiger charge is -2.27. The number of fused-ring (bicyclic) bond motifs is 2.